The summed E-state index contributed by atoms with van der Waals surface area (Å²) in [5.41, 5.74) is 1.69. The number of aromatic nitrogens is 2. The molecule has 5 rings (SSSR count). The van der Waals surface area contributed by atoms with Crippen molar-refractivity contribution in [2.24, 2.45) is 5.41 Å². The summed E-state index contributed by atoms with van der Waals surface area (Å²) in [6, 6.07) is 9.68. The summed E-state index contributed by atoms with van der Waals surface area (Å²) in [6.45, 7) is 2.29. The molecule has 0 bridgehead atoms. The van der Waals surface area contributed by atoms with Crippen molar-refractivity contribution in [2.45, 2.75) is 31.8 Å². The first-order valence-corrected chi connectivity index (χ1v) is 10.9. The van der Waals surface area contributed by atoms with Crippen LogP contribution in [-0.2, 0) is 11.2 Å². The Bertz CT molecular complexity index is 1020. The molecule has 2 amide bonds. The number of amides is 2. The van der Waals surface area contributed by atoms with E-state index in [9.17, 15) is 14.7 Å². The van der Waals surface area contributed by atoms with E-state index in [1.807, 2.05) is 30.3 Å². The van der Waals surface area contributed by atoms with E-state index in [1.54, 1.807) is 11.9 Å². The molecule has 2 aromatic rings. The van der Waals surface area contributed by atoms with Crippen LogP contribution < -0.4 is 10.2 Å². The molecule has 1 atom stereocenters. The maximum Gasteiger partial charge on any atom is 0.270 e. The number of aliphatic hydroxyl groups is 1. The maximum absolute atomic E-state index is 12.9. The van der Waals surface area contributed by atoms with E-state index in [0.29, 0.717) is 63.4 Å². The van der Waals surface area contributed by atoms with Crippen molar-refractivity contribution in [3.63, 3.8) is 0 Å². The first-order valence-electron chi connectivity index (χ1n) is 10.9. The summed E-state index contributed by atoms with van der Waals surface area (Å²) < 4.78 is 0. The van der Waals surface area contributed by atoms with Crippen LogP contribution in [0.25, 0.3) is 11.4 Å². The first kappa shape index (κ1) is 19.9. The Hall–Kier alpha value is -3.00. The number of anilines is 1. The standard InChI is InChI=1S/C23H27N5O3/c1-27-14-16(29)13-23(22(27)31)8-11-28(12-9-23)20-17-7-10-24-21(30)18(17)25-19(26-20)15-5-3-2-4-6-15/h2-6,16,29H,7-14H2,1H3,(H,24,30). The SMILES string of the molecule is CN1CC(O)CC2(CCN(c3nc(-c4ccccc4)nc4c3CCNC4=O)CC2)C1=O. The summed E-state index contributed by atoms with van der Waals surface area (Å²) >= 11 is 0. The molecule has 1 unspecified atom stereocenters. The second-order valence-corrected chi connectivity index (χ2v) is 8.88. The molecule has 1 aromatic carbocycles. The van der Waals surface area contributed by atoms with Crippen LogP contribution >= 0.6 is 0 Å². The van der Waals surface area contributed by atoms with Gasteiger partial charge in [-0.15, -0.1) is 0 Å². The molecule has 3 aliphatic heterocycles. The van der Waals surface area contributed by atoms with E-state index in [2.05, 4.69) is 15.2 Å². The predicted octanol–water partition coefficient (Wildman–Crippen LogP) is 1.24. The number of piperidine rings is 2. The number of β-amino-alcohol motifs (C(OH)–C–C–N with tert-alkyl or cyclic N) is 1. The fraction of sp³-hybridized carbons (Fsp3) is 0.478. The lowest BCUT2D eigenvalue weighted by molar-refractivity contribution is -0.152. The minimum atomic E-state index is -0.504. The van der Waals surface area contributed by atoms with E-state index >= 15 is 0 Å². The Balaban J connectivity index is 1.49. The molecule has 2 fully saturated rings. The third-order valence-electron chi connectivity index (χ3n) is 6.82. The monoisotopic (exact) mass is 421 g/mol. The number of nitrogens with zero attached hydrogens (tertiary/aromatic N) is 4. The van der Waals surface area contributed by atoms with Gasteiger partial charge in [-0.3, -0.25) is 9.59 Å². The number of carbonyl (C=O) groups excluding carboxylic acids is 2. The highest BCUT2D eigenvalue weighted by Gasteiger charge is 2.48. The number of hydrogen-bond donors (Lipinski definition) is 2. The lowest BCUT2D eigenvalue weighted by atomic mass is 9.71. The number of benzene rings is 1. The van der Waals surface area contributed by atoms with Gasteiger partial charge in [0.05, 0.1) is 11.5 Å². The van der Waals surface area contributed by atoms with Gasteiger partial charge in [-0.1, -0.05) is 30.3 Å². The Morgan fingerprint density at radius 1 is 1.13 bits per heavy atom. The molecule has 1 aromatic heterocycles. The van der Waals surface area contributed by atoms with E-state index in [-0.39, 0.29) is 11.8 Å². The van der Waals surface area contributed by atoms with Crippen LogP contribution in [0.5, 0.6) is 0 Å². The van der Waals surface area contributed by atoms with Crippen molar-refractivity contribution in [1.82, 2.24) is 20.2 Å². The highest BCUT2D eigenvalue weighted by Crippen LogP contribution is 2.42. The molecule has 8 nitrogen and oxygen atoms in total. The lowest BCUT2D eigenvalue weighted by Crippen LogP contribution is -2.56. The molecular formula is C23H27N5O3. The quantitative estimate of drug-likeness (QED) is 0.757. The highest BCUT2D eigenvalue weighted by atomic mass is 16.3. The Morgan fingerprint density at radius 3 is 2.61 bits per heavy atom. The number of hydrogen-bond acceptors (Lipinski definition) is 6. The van der Waals surface area contributed by atoms with Gasteiger partial charge in [0.25, 0.3) is 5.91 Å². The van der Waals surface area contributed by atoms with Crippen molar-refractivity contribution in [3.05, 3.63) is 41.6 Å². The molecule has 0 aliphatic carbocycles. The second kappa shape index (κ2) is 7.60. The third-order valence-corrected chi connectivity index (χ3v) is 6.82. The van der Waals surface area contributed by atoms with Crippen molar-refractivity contribution in [2.75, 3.05) is 38.1 Å². The second-order valence-electron chi connectivity index (χ2n) is 8.88. The van der Waals surface area contributed by atoms with Crippen molar-refractivity contribution in [3.8, 4) is 11.4 Å². The van der Waals surface area contributed by atoms with E-state index in [1.165, 1.54) is 0 Å². The van der Waals surface area contributed by atoms with Crippen molar-refractivity contribution < 1.29 is 14.7 Å². The van der Waals surface area contributed by atoms with Crippen LogP contribution in [-0.4, -0.2) is 71.1 Å². The van der Waals surface area contributed by atoms with Crippen LogP contribution in [0.15, 0.2) is 30.3 Å². The zero-order chi connectivity index (χ0) is 21.6. The third kappa shape index (κ3) is 3.44. The molecule has 3 aliphatic rings. The van der Waals surface area contributed by atoms with E-state index in [4.69, 9.17) is 4.98 Å². The number of fused-ring (bicyclic) bond motifs is 1. The van der Waals surface area contributed by atoms with Crippen LogP contribution in [0.2, 0.25) is 0 Å². The normalized spacial score (nSPS) is 23.0. The Kier molecular flexibility index (Phi) is 4.89. The van der Waals surface area contributed by atoms with Gasteiger partial charge >= 0.3 is 0 Å². The molecular weight excluding hydrogens is 394 g/mol. The Morgan fingerprint density at radius 2 is 1.87 bits per heavy atom. The summed E-state index contributed by atoms with van der Waals surface area (Å²) in [5, 5.41) is 13.2. The van der Waals surface area contributed by atoms with Gasteiger partial charge in [-0.25, -0.2) is 9.97 Å². The lowest BCUT2D eigenvalue weighted by Gasteiger charge is -2.47. The molecule has 4 heterocycles. The predicted molar refractivity (Wildman–Crippen MR) is 116 cm³/mol. The van der Waals surface area contributed by atoms with Crippen molar-refractivity contribution >= 4 is 17.6 Å². The first-order chi connectivity index (χ1) is 15.0. The zero-order valence-electron chi connectivity index (χ0n) is 17.7. The molecule has 0 radical (unpaired) electrons. The number of likely N-dealkylation sites (tertiary alicyclic amines) is 1. The smallest absolute Gasteiger partial charge is 0.270 e. The number of aliphatic hydroxyl groups excluding tert-OH is 1. The molecule has 1 spiro atoms. The largest absolute Gasteiger partial charge is 0.391 e. The molecule has 8 heteroatoms. The van der Waals surface area contributed by atoms with Gasteiger partial charge < -0.3 is 20.2 Å². The van der Waals surface area contributed by atoms with E-state index < -0.39 is 11.5 Å². The van der Waals surface area contributed by atoms with Gasteiger partial charge in [-0.2, -0.15) is 0 Å². The van der Waals surface area contributed by atoms with Crippen LogP contribution in [0, 0.1) is 5.41 Å². The topological polar surface area (TPSA) is 98.7 Å². The molecule has 2 N–H and O–H groups in total. The van der Waals surface area contributed by atoms with Gasteiger partial charge in [-0.05, 0) is 25.7 Å². The van der Waals surface area contributed by atoms with Crippen LogP contribution in [0.3, 0.4) is 0 Å². The number of rotatable bonds is 2. The van der Waals surface area contributed by atoms with Gasteiger partial charge in [0.2, 0.25) is 5.91 Å². The van der Waals surface area contributed by atoms with Crippen LogP contribution in [0.4, 0.5) is 5.82 Å². The molecule has 2 saturated heterocycles. The summed E-state index contributed by atoms with van der Waals surface area (Å²) in [4.78, 5) is 38.8. The summed E-state index contributed by atoms with van der Waals surface area (Å²) in [5.74, 6) is 1.30. The van der Waals surface area contributed by atoms with Crippen molar-refractivity contribution in [1.29, 1.82) is 0 Å². The fourth-order valence-electron chi connectivity index (χ4n) is 5.22. The zero-order valence-corrected chi connectivity index (χ0v) is 17.7. The Labute approximate surface area is 181 Å². The maximum atomic E-state index is 12.9. The average molecular weight is 422 g/mol. The van der Waals surface area contributed by atoms with Gasteiger partial charge in [0.1, 0.15) is 11.5 Å². The minimum absolute atomic E-state index is 0.131. The average Bonchev–Trinajstić information content (AvgIpc) is 2.78. The van der Waals surface area contributed by atoms with Gasteiger partial charge in [0.15, 0.2) is 5.82 Å². The summed E-state index contributed by atoms with van der Waals surface area (Å²) in [6.07, 6.45) is 2.06. The number of carbonyl (C=O) groups is 2. The fourth-order valence-corrected chi connectivity index (χ4v) is 5.22. The number of nitrogens with one attached hydrogen (secondary N) is 1. The number of likely N-dealkylation sites (N-methyl/N-ethyl adjacent to an activating group) is 1. The van der Waals surface area contributed by atoms with E-state index in [0.717, 1.165) is 16.9 Å². The molecule has 31 heavy (non-hydrogen) atoms. The van der Waals surface area contributed by atoms with Crippen LogP contribution in [0.1, 0.15) is 35.3 Å². The van der Waals surface area contributed by atoms with Gasteiger partial charge in [0, 0.05) is 44.4 Å². The molecule has 162 valence electrons. The minimum Gasteiger partial charge on any atom is -0.391 e. The molecule has 0 saturated carbocycles. The summed E-state index contributed by atoms with van der Waals surface area (Å²) in [7, 11) is 1.77. The highest BCUT2D eigenvalue weighted by molar-refractivity contribution is 5.96.